The zero-order chi connectivity index (χ0) is 25.9. The number of sulfonamides is 1. The Hall–Kier alpha value is -1.66. The quantitative estimate of drug-likeness (QED) is 0.540. The normalized spacial score (nSPS) is 34.8. The summed E-state index contributed by atoms with van der Waals surface area (Å²) in [4.78, 5) is 14.9. The number of piperidine rings is 2. The SMILES string of the molecule is O=C(NC1CC2CCC(C1)N2S(=O)(=O)CC1CCN(CC2CC(F)(F)C2)CC1)c1cc([C@H]2C[C@@H]2F)on1. The maximum atomic E-state index is 13.4. The Morgan fingerprint density at radius 3 is 2.32 bits per heavy atom. The summed E-state index contributed by atoms with van der Waals surface area (Å²) in [5, 5.41) is 6.77. The third kappa shape index (κ3) is 5.43. The number of rotatable bonds is 8. The van der Waals surface area contributed by atoms with Crippen LogP contribution in [0.5, 0.6) is 0 Å². The van der Waals surface area contributed by atoms with E-state index >= 15 is 0 Å². The van der Waals surface area contributed by atoms with Crippen LogP contribution in [0, 0.1) is 11.8 Å². The number of hydrogen-bond donors (Lipinski definition) is 1. The van der Waals surface area contributed by atoms with Crippen LogP contribution in [-0.4, -0.2) is 84.3 Å². The van der Waals surface area contributed by atoms with Crippen molar-refractivity contribution in [3.05, 3.63) is 17.5 Å². The Morgan fingerprint density at radius 2 is 1.73 bits per heavy atom. The molecule has 3 saturated heterocycles. The van der Waals surface area contributed by atoms with Crippen molar-refractivity contribution >= 4 is 15.9 Å². The van der Waals surface area contributed by atoms with E-state index in [-0.39, 0.29) is 66.1 Å². The number of likely N-dealkylation sites (tertiary alicyclic amines) is 1. The molecule has 0 radical (unpaired) electrons. The van der Waals surface area contributed by atoms with E-state index in [9.17, 15) is 26.4 Å². The number of nitrogens with zero attached hydrogens (tertiary/aromatic N) is 3. The molecule has 0 aromatic carbocycles. The van der Waals surface area contributed by atoms with Gasteiger partial charge in [0.05, 0.1) is 11.7 Å². The van der Waals surface area contributed by atoms with Crippen molar-refractivity contribution in [2.24, 2.45) is 11.8 Å². The number of carbonyl (C=O) groups is 1. The number of nitrogens with one attached hydrogen (secondary N) is 1. The van der Waals surface area contributed by atoms with E-state index in [1.54, 1.807) is 4.31 Å². The van der Waals surface area contributed by atoms with Crippen molar-refractivity contribution in [1.29, 1.82) is 0 Å². The molecule has 4 heterocycles. The summed E-state index contributed by atoms with van der Waals surface area (Å²) in [6, 6.07) is 1.11. The van der Waals surface area contributed by atoms with Crippen molar-refractivity contribution < 1.29 is 30.9 Å². The summed E-state index contributed by atoms with van der Waals surface area (Å²) in [7, 11) is -3.44. The maximum absolute atomic E-state index is 13.4. The van der Waals surface area contributed by atoms with Crippen LogP contribution in [0.1, 0.15) is 80.0 Å². The van der Waals surface area contributed by atoms with Gasteiger partial charge in [-0.25, -0.2) is 21.6 Å². The Balaban J connectivity index is 0.986. The van der Waals surface area contributed by atoms with E-state index in [1.165, 1.54) is 6.07 Å². The predicted molar refractivity (Wildman–Crippen MR) is 129 cm³/mol. The Morgan fingerprint density at radius 1 is 1.08 bits per heavy atom. The minimum absolute atomic E-state index is 0.0276. The molecule has 4 atom stereocenters. The maximum Gasteiger partial charge on any atom is 0.273 e. The molecule has 1 amide bonds. The van der Waals surface area contributed by atoms with Crippen LogP contribution >= 0.6 is 0 Å². The van der Waals surface area contributed by atoms with Crippen LogP contribution in [-0.2, 0) is 10.0 Å². The highest BCUT2D eigenvalue weighted by atomic mass is 32.2. The fourth-order valence-electron chi connectivity index (χ4n) is 6.99. The predicted octanol–water partition coefficient (Wildman–Crippen LogP) is 3.31. The highest BCUT2D eigenvalue weighted by Gasteiger charge is 2.48. The number of carbonyl (C=O) groups excluding carboxylic acids is 1. The van der Waals surface area contributed by atoms with Gasteiger partial charge in [-0.3, -0.25) is 4.79 Å². The fraction of sp³-hybridized carbons (Fsp3) is 0.840. The van der Waals surface area contributed by atoms with Gasteiger partial charge in [0, 0.05) is 43.6 Å². The van der Waals surface area contributed by atoms with Gasteiger partial charge in [-0.2, -0.15) is 4.31 Å². The molecule has 37 heavy (non-hydrogen) atoms. The second-order valence-corrected chi connectivity index (χ2v) is 13.9. The van der Waals surface area contributed by atoms with E-state index in [4.69, 9.17) is 4.52 Å². The first kappa shape index (κ1) is 25.6. The van der Waals surface area contributed by atoms with Gasteiger partial charge in [0.2, 0.25) is 15.9 Å². The fourth-order valence-corrected chi connectivity index (χ4v) is 9.39. The van der Waals surface area contributed by atoms with E-state index < -0.39 is 22.1 Å². The lowest BCUT2D eigenvalue weighted by atomic mass is 9.80. The zero-order valence-corrected chi connectivity index (χ0v) is 21.6. The van der Waals surface area contributed by atoms with Crippen LogP contribution in [0.2, 0.25) is 0 Å². The van der Waals surface area contributed by atoms with Crippen molar-refractivity contribution in [2.45, 2.75) is 93.9 Å². The number of alkyl halides is 3. The molecule has 2 aliphatic carbocycles. The smallest absolute Gasteiger partial charge is 0.273 e. The van der Waals surface area contributed by atoms with Gasteiger partial charge in [-0.15, -0.1) is 0 Å². The second-order valence-electron chi connectivity index (χ2n) is 12.0. The van der Waals surface area contributed by atoms with Gasteiger partial charge >= 0.3 is 0 Å². The standard InChI is InChI=1S/C25H35F3N4O4S/c26-21-9-20(21)23-10-22(30-36-23)24(33)29-17-7-18-1-2-19(8-17)32(18)37(34,35)14-15-3-5-31(6-4-15)13-16-11-25(27,28)12-16/h10,15-21H,1-9,11-14H2,(H,29,33)/t17?,18?,19?,20-,21-/m0/s1. The number of fused-ring (bicyclic) bond motifs is 2. The van der Waals surface area contributed by atoms with E-state index in [1.807, 2.05) is 0 Å². The van der Waals surface area contributed by atoms with Gasteiger partial charge in [-0.1, -0.05) is 5.16 Å². The van der Waals surface area contributed by atoms with Crippen molar-refractivity contribution in [3.63, 3.8) is 0 Å². The highest BCUT2D eigenvalue weighted by molar-refractivity contribution is 7.89. The Labute approximate surface area is 215 Å². The average Bonchev–Trinajstić information content (AvgIpc) is 3.22. The molecular formula is C25H35F3N4O4S. The van der Waals surface area contributed by atoms with Gasteiger partial charge in [0.25, 0.3) is 5.91 Å². The highest BCUT2D eigenvalue weighted by Crippen LogP contribution is 2.44. The third-order valence-electron chi connectivity index (χ3n) is 9.01. The van der Waals surface area contributed by atoms with Crippen LogP contribution in [0.25, 0.3) is 0 Å². The van der Waals surface area contributed by atoms with Gasteiger partial charge in [-0.05, 0) is 69.9 Å². The largest absolute Gasteiger partial charge is 0.360 e. The van der Waals surface area contributed by atoms with Gasteiger partial charge in [0.15, 0.2) is 5.69 Å². The van der Waals surface area contributed by atoms with E-state index in [2.05, 4.69) is 15.4 Å². The molecule has 2 bridgehead atoms. The first-order chi connectivity index (χ1) is 17.6. The van der Waals surface area contributed by atoms with E-state index in [0.29, 0.717) is 31.6 Å². The van der Waals surface area contributed by atoms with E-state index in [0.717, 1.165) is 38.8 Å². The molecule has 206 valence electrons. The Bertz CT molecular complexity index is 1100. The van der Waals surface area contributed by atoms with Crippen molar-refractivity contribution in [1.82, 2.24) is 19.7 Å². The molecule has 3 aliphatic heterocycles. The molecule has 1 aromatic heterocycles. The summed E-state index contributed by atoms with van der Waals surface area (Å²) in [5.74, 6) is -2.51. The minimum atomic E-state index is -3.44. The first-order valence-electron chi connectivity index (χ1n) is 13.6. The molecule has 5 aliphatic rings. The molecule has 8 nitrogen and oxygen atoms in total. The number of halogens is 3. The van der Waals surface area contributed by atoms with Crippen molar-refractivity contribution in [3.8, 4) is 0 Å². The van der Waals surface area contributed by atoms with Gasteiger partial charge < -0.3 is 14.7 Å². The summed E-state index contributed by atoms with van der Waals surface area (Å²) in [6.45, 7) is 2.21. The zero-order valence-electron chi connectivity index (χ0n) is 20.8. The van der Waals surface area contributed by atoms with Gasteiger partial charge in [0.1, 0.15) is 11.9 Å². The first-order valence-corrected chi connectivity index (χ1v) is 15.2. The van der Waals surface area contributed by atoms with Crippen LogP contribution in [0.15, 0.2) is 10.6 Å². The van der Waals surface area contributed by atoms with Crippen LogP contribution in [0.3, 0.4) is 0 Å². The molecule has 6 rings (SSSR count). The Kier molecular flexibility index (Phi) is 6.59. The molecule has 5 fully saturated rings. The second kappa shape index (κ2) is 9.51. The lowest BCUT2D eigenvalue weighted by Crippen LogP contribution is -2.53. The number of amides is 1. The average molecular weight is 545 g/mol. The monoisotopic (exact) mass is 544 g/mol. The summed E-state index contributed by atoms with van der Waals surface area (Å²) < 4.78 is 73.2. The molecule has 0 spiro atoms. The lowest BCUT2D eigenvalue weighted by molar-refractivity contribution is -0.117. The lowest BCUT2D eigenvalue weighted by Gasteiger charge is -2.41. The summed E-state index contributed by atoms with van der Waals surface area (Å²) in [6.07, 6.45) is 3.65. The third-order valence-corrected chi connectivity index (χ3v) is 11.1. The molecule has 1 aromatic rings. The topological polar surface area (TPSA) is 95.8 Å². The molecule has 2 saturated carbocycles. The van der Waals surface area contributed by atoms with Crippen LogP contribution < -0.4 is 5.32 Å². The number of aromatic nitrogens is 1. The molecule has 2 unspecified atom stereocenters. The van der Waals surface area contributed by atoms with Crippen LogP contribution in [0.4, 0.5) is 13.2 Å². The molecule has 12 heteroatoms. The number of hydrogen-bond acceptors (Lipinski definition) is 6. The van der Waals surface area contributed by atoms with Crippen molar-refractivity contribution in [2.75, 3.05) is 25.4 Å². The summed E-state index contributed by atoms with van der Waals surface area (Å²) >= 11 is 0. The summed E-state index contributed by atoms with van der Waals surface area (Å²) in [5.41, 5.74) is 0.133. The minimum Gasteiger partial charge on any atom is -0.360 e. The molecular weight excluding hydrogens is 509 g/mol. The molecule has 1 N–H and O–H groups in total.